The first-order chi connectivity index (χ1) is 13.1. The molecule has 0 spiro atoms. The van der Waals surface area contributed by atoms with Crippen LogP contribution in [0.5, 0.6) is 0 Å². The van der Waals surface area contributed by atoms with Gasteiger partial charge in [-0.3, -0.25) is 9.59 Å². The van der Waals surface area contributed by atoms with E-state index < -0.39 is 0 Å². The van der Waals surface area contributed by atoms with Crippen molar-refractivity contribution in [3.8, 4) is 0 Å². The van der Waals surface area contributed by atoms with E-state index in [2.05, 4.69) is 36.5 Å². The number of hydrogen-bond acceptors (Lipinski definition) is 3. The maximum Gasteiger partial charge on any atom is 0.251 e. The minimum Gasteiger partial charge on any atom is -0.383 e. The predicted molar refractivity (Wildman–Crippen MR) is 105 cm³/mol. The molecule has 0 aromatic heterocycles. The van der Waals surface area contributed by atoms with Crippen LogP contribution in [0.3, 0.4) is 0 Å². The third-order valence-electron chi connectivity index (χ3n) is 4.89. The summed E-state index contributed by atoms with van der Waals surface area (Å²) in [6.07, 6.45) is 1.04. The van der Waals surface area contributed by atoms with Crippen LogP contribution in [-0.2, 0) is 16.0 Å². The van der Waals surface area contributed by atoms with Gasteiger partial charge in [-0.1, -0.05) is 48.0 Å². The molecule has 1 fully saturated rings. The minimum atomic E-state index is -0.158. The number of hydrogen-bond donors (Lipinski definition) is 1. The SMILES string of the molecule is COCCN1C[C@H](NC(=O)c2ccccc2Cc2ccc(C)cc2)CC1=O. The molecule has 2 aromatic carbocycles. The first kappa shape index (κ1) is 19.1. The first-order valence-electron chi connectivity index (χ1n) is 9.28. The number of nitrogens with zero attached hydrogens (tertiary/aromatic N) is 1. The molecule has 3 rings (SSSR count). The highest BCUT2D eigenvalue weighted by molar-refractivity contribution is 5.96. The highest BCUT2D eigenvalue weighted by atomic mass is 16.5. The molecule has 1 atom stereocenters. The third kappa shape index (κ3) is 4.95. The average Bonchev–Trinajstić information content (AvgIpc) is 3.01. The molecule has 1 saturated heterocycles. The lowest BCUT2D eigenvalue weighted by molar-refractivity contribution is -0.128. The number of carbonyl (C=O) groups excluding carboxylic acids is 2. The van der Waals surface area contributed by atoms with Crippen molar-refractivity contribution in [1.82, 2.24) is 10.2 Å². The Balaban J connectivity index is 1.67. The molecule has 0 aliphatic carbocycles. The molecule has 1 aliphatic rings. The molecule has 0 unspecified atom stereocenters. The molecule has 27 heavy (non-hydrogen) atoms. The van der Waals surface area contributed by atoms with Crippen LogP contribution in [0.25, 0.3) is 0 Å². The number of amides is 2. The molecule has 0 bridgehead atoms. The largest absolute Gasteiger partial charge is 0.383 e. The molecule has 0 radical (unpaired) electrons. The Morgan fingerprint density at radius 2 is 1.93 bits per heavy atom. The van der Waals surface area contributed by atoms with Crippen molar-refractivity contribution in [1.29, 1.82) is 0 Å². The van der Waals surface area contributed by atoms with Crippen LogP contribution in [0.2, 0.25) is 0 Å². The molecular formula is C22H26N2O3. The van der Waals surface area contributed by atoms with E-state index in [1.54, 1.807) is 12.0 Å². The van der Waals surface area contributed by atoms with E-state index >= 15 is 0 Å². The van der Waals surface area contributed by atoms with E-state index in [0.29, 0.717) is 38.1 Å². The van der Waals surface area contributed by atoms with Crippen LogP contribution < -0.4 is 5.32 Å². The van der Waals surface area contributed by atoms with Gasteiger partial charge in [-0.25, -0.2) is 0 Å². The number of ether oxygens (including phenoxy) is 1. The average molecular weight is 366 g/mol. The van der Waals surface area contributed by atoms with Crippen molar-refractivity contribution in [2.45, 2.75) is 25.8 Å². The Morgan fingerprint density at radius 1 is 1.19 bits per heavy atom. The van der Waals surface area contributed by atoms with E-state index in [-0.39, 0.29) is 17.9 Å². The first-order valence-corrected chi connectivity index (χ1v) is 9.28. The second-order valence-corrected chi connectivity index (χ2v) is 7.03. The van der Waals surface area contributed by atoms with Gasteiger partial charge in [0.25, 0.3) is 5.91 Å². The summed E-state index contributed by atoms with van der Waals surface area (Å²) >= 11 is 0. The minimum absolute atomic E-state index is 0.0605. The maximum atomic E-state index is 12.8. The molecule has 1 N–H and O–H groups in total. The maximum absolute atomic E-state index is 12.8. The van der Waals surface area contributed by atoms with Crippen LogP contribution in [-0.4, -0.2) is 49.6 Å². The summed E-state index contributed by atoms with van der Waals surface area (Å²) in [5, 5.41) is 3.03. The van der Waals surface area contributed by atoms with E-state index in [9.17, 15) is 9.59 Å². The molecule has 5 nitrogen and oxygen atoms in total. The Labute approximate surface area is 160 Å². The van der Waals surface area contributed by atoms with Gasteiger partial charge in [-0.2, -0.15) is 0 Å². The number of carbonyl (C=O) groups is 2. The lowest BCUT2D eigenvalue weighted by Gasteiger charge is -2.17. The van der Waals surface area contributed by atoms with E-state index in [4.69, 9.17) is 4.74 Å². The van der Waals surface area contributed by atoms with Gasteiger partial charge in [0.2, 0.25) is 5.91 Å². The van der Waals surface area contributed by atoms with Crippen LogP contribution in [0.4, 0.5) is 0 Å². The fourth-order valence-corrected chi connectivity index (χ4v) is 3.37. The number of rotatable bonds is 7. The summed E-state index contributed by atoms with van der Waals surface area (Å²) < 4.78 is 5.04. The standard InChI is InChI=1S/C22H26N2O3/c1-16-7-9-17(10-8-16)13-18-5-3-4-6-20(18)22(26)23-19-14-21(25)24(15-19)11-12-27-2/h3-10,19H,11-15H2,1-2H3,(H,23,26)/t19-/m1/s1. The Bertz CT molecular complexity index is 801. The zero-order valence-electron chi connectivity index (χ0n) is 15.9. The van der Waals surface area contributed by atoms with Crippen molar-refractivity contribution >= 4 is 11.8 Å². The molecule has 0 saturated carbocycles. The summed E-state index contributed by atoms with van der Waals surface area (Å²) in [5.74, 6) is -0.0607. The summed E-state index contributed by atoms with van der Waals surface area (Å²) in [5.41, 5.74) is 4.04. The van der Waals surface area contributed by atoms with Gasteiger partial charge >= 0.3 is 0 Å². The summed E-state index contributed by atoms with van der Waals surface area (Å²) in [4.78, 5) is 26.6. The second-order valence-electron chi connectivity index (χ2n) is 7.03. The Morgan fingerprint density at radius 3 is 2.67 bits per heavy atom. The van der Waals surface area contributed by atoms with Crippen LogP contribution in [0.1, 0.15) is 33.5 Å². The molecule has 1 heterocycles. The number of likely N-dealkylation sites (tertiary alicyclic amines) is 1. The fourth-order valence-electron chi connectivity index (χ4n) is 3.37. The monoisotopic (exact) mass is 366 g/mol. The fraction of sp³-hybridized carbons (Fsp3) is 0.364. The van der Waals surface area contributed by atoms with Gasteiger partial charge in [-0.05, 0) is 30.5 Å². The molecule has 2 amide bonds. The summed E-state index contributed by atoms with van der Waals surface area (Å²) in [6, 6.07) is 15.8. The van der Waals surface area contributed by atoms with Crippen molar-refractivity contribution < 1.29 is 14.3 Å². The lowest BCUT2D eigenvalue weighted by Crippen LogP contribution is -2.38. The molecule has 142 valence electrons. The number of benzene rings is 2. The van der Waals surface area contributed by atoms with Gasteiger partial charge in [0.15, 0.2) is 0 Å². The summed E-state index contributed by atoms with van der Waals surface area (Å²) in [6.45, 7) is 3.66. The van der Waals surface area contributed by atoms with Crippen LogP contribution in [0.15, 0.2) is 48.5 Å². The zero-order chi connectivity index (χ0) is 19.2. The smallest absolute Gasteiger partial charge is 0.251 e. The molecule has 2 aromatic rings. The molecule has 1 aliphatic heterocycles. The number of aryl methyl sites for hydroxylation is 1. The second kappa shape index (κ2) is 8.82. The summed E-state index contributed by atoms with van der Waals surface area (Å²) in [7, 11) is 1.62. The van der Waals surface area contributed by atoms with Gasteiger partial charge in [0, 0.05) is 32.2 Å². The molecule has 5 heteroatoms. The predicted octanol–water partition coefficient (Wildman–Crippen LogP) is 2.56. The van der Waals surface area contributed by atoms with Crippen molar-refractivity contribution in [2.75, 3.05) is 26.8 Å². The molecular weight excluding hydrogens is 340 g/mol. The van der Waals surface area contributed by atoms with Crippen molar-refractivity contribution in [3.63, 3.8) is 0 Å². The lowest BCUT2D eigenvalue weighted by atomic mass is 9.98. The normalized spacial score (nSPS) is 16.6. The van der Waals surface area contributed by atoms with Gasteiger partial charge in [-0.15, -0.1) is 0 Å². The highest BCUT2D eigenvalue weighted by Crippen LogP contribution is 2.17. The van der Waals surface area contributed by atoms with Gasteiger partial charge in [0.1, 0.15) is 0 Å². The quantitative estimate of drug-likeness (QED) is 0.819. The van der Waals surface area contributed by atoms with Crippen LogP contribution >= 0.6 is 0 Å². The Kier molecular flexibility index (Phi) is 6.24. The highest BCUT2D eigenvalue weighted by Gasteiger charge is 2.30. The van der Waals surface area contributed by atoms with E-state index in [1.807, 2.05) is 24.3 Å². The van der Waals surface area contributed by atoms with Gasteiger partial charge in [0.05, 0.1) is 12.6 Å². The van der Waals surface area contributed by atoms with E-state index in [0.717, 1.165) is 5.56 Å². The van der Waals surface area contributed by atoms with Gasteiger partial charge < -0.3 is 15.0 Å². The zero-order valence-corrected chi connectivity index (χ0v) is 15.9. The number of nitrogens with one attached hydrogen (secondary N) is 1. The topological polar surface area (TPSA) is 58.6 Å². The van der Waals surface area contributed by atoms with Crippen molar-refractivity contribution in [3.05, 3.63) is 70.8 Å². The van der Waals surface area contributed by atoms with E-state index in [1.165, 1.54) is 11.1 Å². The van der Waals surface area contributed by atoms with Crippen molar-refractivity contribution in [2.24, 2.45) is 0 Å². The van der Waals surface area contributed by atoms with Crippen LogP contribution in [0, 0.1) is 6.92 Å². The Hall–Kier alpha value is -2.66. The third-order valence-corrected chi connectivity index (χ3v) is 4.89. The number of methoxy groups -OCH3 is 1.